The maximum absolute atomic E-state index is 13.2. The Bertz CT molecular complexity index is 1330. The minimum absolute atomic E-state index is 0.0420. The number of aromatic nitrogens is 4. The number of H-pyrrole nitrogens is 1. The molecule has 1 amide bonds. The number of phosphoric ester groups is 1. The van der Waals surface area contributed by atoms with E-state index in [1.165, 1.54) is 6.33 Å². The van der Waals surface area contributed by atoms with Crippen LogP contribution in [0.3, 0.4) is 0 Å². The largest absolute Gasteiger partial charge is 0.475 e. The van der Waals surface area contributed by atoms with E-state index in [4.69, 9.17) is 28.8 Å². The average molecular weight is 589 g/mol. The van der Waals surface area contributed by atoms with Crippen LogP contribution in [0.5, 0.6) is 0 Å². The smallest absolute Gasteiger partial charge is 0.450 e. The first-order valence-corrected chi connectivity index (χ1v) is 14.9. The zero-order chi connectivity index (χ0) is 28.4. The predicted octanol–water partition coefficient (Wildman–Crippen LogP) is 2.34. The van der Waals surface area contributed by atoms with Crippen molar-refractivity contribution >= 4 is 47.9 Å². The third-order valence-corrected chi connectivity index (χ3v) is 9.25. The van der Waals surface area contributed by atoms with E-state index >= 15 is 0 Å². The van der Waals surface area contributed by atoms with Crippen LogP contribution >= 0.6 is 19.6 Å². The van der Waals surface area contributed by atoms with Crippen molar-refractivity contribution in [3.05, 3.63) is 16.7 Å². The first-order chi connectivity index (χ1) is 18.4. The molecule has 0 bridgehead atoms. The first kappa shape index (κ1) is 29.5. The van der Waals surface area contributed by atoms with Gasteiger partial charge in [0.25, 0.3) is 5.56 Å². The van der Waals surface area contributed by atoms with Gasteiger partial charge in [0, 0.05) is 24.1 Å². The summed E-state index contributed by atoms with van der Waals surface area (Å²) < 4.78 is 42.4. The van der Waals surface area contributed by atoms with Crippen LogP contribution in [0, 0.1) is 5.41 Å². The molecular formula is C22H33N6O9PS. The van der Waals surface area contributed by atoms with Crippen LogP contribution in [0.1, 0.15) is 46.8 Å². The van der Waals surface area contributed by atoms with E-state index in [2.05, 4.69) is 20.3 Å². The van der Waals surface area contributed by atoms with Gasteiger partial charge in [-0.1, -0.05) is 25.6 Å². The monoisotopic (exact) mass is 588 g/mol. The number of carbonyl (C=O) groups excluding carboxylic acids is 2. The summed E-state index contributed by atoms with van der Waals surface area (Å²) >= 11 is 1.04. The minimum Gasteiger partial charge on any atom is -0.450 e. The number of thioether (sulfide) groups is 1. The number of imidazole rings is 1. The predicted molar refractivity (Wildman–Crippen MR) is 141 cm³/mol. The molecule has 2 fully saturated rings. The Kier molecular flexibility index (Phi) is 8.73. The Balaban J connectivity index is 1.28. The zero-order valence-corrected chi connectivity index (χ0v) is 23.8. The quantitative estimate of drug-likeness (QED) is 0.270. The van der Waals surface area contributed by atoms with Crippen molar-refractivity contribution in [3.63, 3.8) is 0 Å². The lowest BCUT2D eigenvalue weighted by atomic mass is 9.91. The van der Waals surface area contributed by atoms with E-state index in [-0.39, 0.29) is 54.2 Å². The number of rotatable bonds is 10. The molecule has 4 unspecified atom stereocenters. The molecule has 2 aromatic heterocycles. The Morgan fingerprint density at radius 3 is 2.95 bits per heavy atom. The summed E-state index contributed by atoms with van der Waals surface area (Å²) in [6, 6.07) is 0. The number of ether oxygens (including phenoxy) is 2. The molecule has 0 spiro atoms. The lowest BCUT2D eigenvalue weighted by molar-refractivity contribution is -0.118. The van der Waals surface area contributed by atoms with Crippen molar-refractivity contribution in [2.24, 2.45) is 5.41 Å². The number of hydrogen-bond donors (Lipinski definition) is 3. The highest BCUT2D eigenvalue weighted by molar-refractivity contribution is 8.13. The Labute approximate surface area is 228 Å². The van der Waals surface area contributed by atoms with Crippen molar-refractivity contribution in [2.75, 3.05) is 37.9 Å². The molecule has 17 heteroatoms. The number of nitrogens with one attached hydrogen (secondary N) is 2. The number of phosphoric acid groups is 1. The summed E-state index contributed by atoms with van der Waals surface area (Å²) in [7, 11) is -3.93. The maximum atomic E-state index is 13.2. The molecule has 2 saturated heterocycles. The van der Waals surface area contributed by atoms with Gasteiger partial charge in [0.15, 0.2) is 16.3 Å². The van der Waals surface area contributed by atoms with Crippen molar-refractivity contribution in [3.8, 4) is 0 Å². The summed E-state index contributed by atoms with van der Waals surface area (Å²) in [6.45, 7) is 7.50. The molecule has 0 aromatic carbocycles. The third-order valence-electron chi connectivity index (χ3n) is 6.46. The molecule has 4 rings (SSSR count). The fraction of sp³-hybridized carbons (Fsp3) is 0.682. The van der Waals surface area contributed by atoms with Gasteiger partial charge in [-0.3, -0.25) is 32.7 Å². The normalized spacial score (nSPS) is 26.9. The van der Waals surface area contributed by atoms with Gasteiger partial charge >= 0.3 is 13.9 Å². The Morgan fingerprint density at radius 2 is 2.21 bits per heavy atom. The number of aromatic amines is 1. The van der Waals surface area contributed by atoms with Crippen LogP contribution in [0.2, 0.25) is 0 Å². The number of nitrogen functional groups attached to an aromatic ring is 1. The second-order valence-electron chi connectivity index (χ2n) is 9.96. The second kappa shape index (κ2) is 11.6. The van der Waals surface area contributed by atoms with Crippen molar-refractivity contribution < 1.29 is 37.2 Å². The molecule has 4 atom stereocenters. The van der Waals surface area contributed by atoms with Gasteiger partial charge in [0.1, 0.15) is 17.9 Å². The molecule has 0 saturated carbocycles. The van der Waals surface area contributed by atoms with Gasteiger partial charge in [0.05, 0.1) is 26.1 Å². The molecule has 4 N–H and O–H groups in total. The minimum atomic E-state index is -3.93. The fourth-order valence-corrected chi connectivity index (χ4v) is 6.72. The number of fused-ring (bicyclic) bond motifs is 2. The number of nitrogens with zero attached hydrogens (tertiary/aromatic N) is 3. The summed E-state index contributed by atoms with van der Waals surface area (Å²) in [5.74, 6) is 0.174. The molecular weight excluding hydrogens is 555 g/mol. The van der Waals surface area contributed by atoms with Gasteiger partial charge in [-0.25, -0.2) is 14.3 Å². The molecule has 0 radical (unpaired) electrons. The highest BCUT2D eigenvalue weighted by Crippen LogP contribution is 2.60. The molecule has 2 aromatic rings. The van der Waals surface area contributed by atoms with Crippen LogP contribution in [0.15, 0.2) is 11.1 Å². The number of amides is 1. The van der Waals surface area contributed by atoms with Gasteiger partial charge in [-0.2, -0.15) is 4.98 Å². The van der Waals surface area contributed by atoms with Gasteiger partial charge in [-0.15, -0.1) is 0 Å². The van der Waals surface area contributed by atoms with Crippen LogP contribution in [-0.2, 0) is 32.4 Å². The van der Waals surface area contributed by atoms with Crippen molar-refractivity contribution in [2.45, 2.75) is 58.5 Å². The molecule has 4 heterocycles. The molecule has 2 aliphatic rings. The highest BCUT2D eigenvalue weighted by Gasteiger charge is 2.56. The second-order valence-corrected chi connectivity index (χ2v) is 12.6. The highest BCUT2D eigenvalue weighted by atomic mass is 32.2. The van der Waals surface area contributed by atoms with E-state index in [9.17, 15) is 18.9 Å². The third kappa shape index (κ3) is 6.64. The first-order valence-electron chi connectivity index (χ1n) is 12.4. The van der Waals surface area contributed by atoms with Gasteiger partial charge < -0.3 is 20.5 Å². The lowest BCUT2D eigenvalue weighted by Gasteiger charge is -2.37. The SMILES string of the molecule is CCOC(=O)NCCC(C)(C)C(=O)SCCOP1(=O)OCC2OC(n3cnc4c(=O)[nH]c(N)nc43)CC2(C)O1. The number of anilines is 1. The van der Waals surface area contributed by atoms with Gasteiger partial charge in [0.2, 0.25) is 5.95 Å². The van der Waals surface area contributed by atoms with E-state index in [1.54, 1.807) is 32.3 Å². The number of nitrogens with two attached hydrogens (primary N) is 1. The van der Waals surface area contributed by atoms with Crippen molar-refractivity contribution in [1.82, 2.24) is 24.8 Å². The van der Waals surface area contributed by atoms with E-state index < -0.39 is 42.8 Å². The van der Waals surface area contributed by atoms with Crippen LogP contribution < -0.4 is 16.6 Å². The number of hydrogen-bond acceptors (Lipinski definition) is 13. The summed E-state index contributed by atoms with van der Waals surface area (Å²) in [6.07, 6.45) is 0.399. The van der Waals surface area contributed by atoms with Crippen LogP contribution in [0.4, 0.5) is 10.7 Å². The van der Waals surface area contributed by atoms with E-state index in [0.717, 1.165) is 11.8 Å². The average Bonchev–Trinajstić information content (AvgIpc) is 3.41. The number of carbonyl (C=O) groups is 2. The zero-order valence-electron chi connectivity index (χ0n) is 22.1. The van der Waals surface area contributed by atoms with Crippen LogP contribution in [-0.4, -0.2) is 74.6 Å². The molecule has 15 nitrogen and oxygen atoms in total. The standard InChI is InChI=1S/C22H33N6O9PS/c1-5-33-20(31)24-7-6-21(2,3)18(30)39-9-8-34-38(32)35-11-13-22(4,37-38)10-14(36-13)28-12-25-15-16(28)26-19(23)27-17(15)29/h12-14H,5-11H2,1-4H3,(H,24,31)(H3,23,26,27,29). The Hall–Kier alpha value is -2.49. The van der Waals surface area contributed by atoms with Crippen LogP contribution in [0.25, 0.3) is 11.2 Å². The summed E-state index contributed by atoms with van der Waals surface area (Å²) in [4.78, 5) is 46.8. The molecule has 0 aliphatic carbocycles. The maximum Gasteiger partial charge on any atom is 0.475 e. The van der Waals surface area contributed by atoms with E-state index in [0.29, 0.717) is 13.0 Å². The van der Waals surface area contributed by atoms with Crippen molar-refractivity contribution in [1.29, 1.82) is 0 Å². The summed E-state index contributed by atoms with van der Waals surface area (Å²) in [5.41, 5.74) is 3.87. The molecule has 39 heavy (non-hydrogen) atoms. The summed E-state index contributed by atoms with van der Waals surface area (Å²) in [5, 5.41) is 2.50. The van der Waals surface area contributed by atoms with Gasteiger partial charge in [-0.05, 0) is 20.3 Å². The fourth-order valence-electron chi connectivity index (χ4n) is 4.23. The molecule has 2 aliphatic heterocycles. The van der Waals surface area contributed by atoms with E-state index in [1.807, 2.05) is 0 Å². The molecule has 216 valence electrons. The number of alkyl carbamates (subject to hydrolysis) is 1. The Morgan fingerprint density at radius 1 is 1.44 bits per heavy atom. The topological polar surface area (TPSA) is 199 Å². The lowest BCUT2D eigenvalue weighted by Crippen LogP contribution is -2.44.